The first-order valence-corrected chi connectivity index (χ1v) is 15.8. The van der Waals surface area contributed by atoms with Crippen molar-refractivity contribution >= 4 is 37.5 Å². The van der Waals surface area contributed by atoms with Crippen LogP contribution in [0.5, 0.6) is 0 Å². The number of nitrogens with one attached hydrogen (secondary N) is 2. The first-order chi connectivity index (χ1) is 19.2. The van der Waals surface area contributed by atoms with Gasteiger partial charge >= 0.3 is 0 Å². The maximum absolute atomic E-state index is 13.7. The third-order valence-electron chi connectivity index (χ3n) is 6.57. The molecule has 1 aliphatic rings. The van der Waals surface area contributed by atoms with Crippen molar-refractivity contribution in [1.29, 1.82) is 0 Å². The molecule has 0 unspecified atom stereocenters. The minimum atomic E-state index is -4.15. The molecule has 1 fully saturated rings. The van der Waals surface area contributed by atoms with E-state index in [0.717, 1.165) is 21.5 Å². The van der Waals surface area contributed by atoms with E-state index in [1.165, 1.54) is 24.3 Å². The highest BCUT2D eigenvalue weighted by Gasteiger charge is 2.43. The fourth-order valence-electron chi connectivity index (χ4n) is 4.41. The second kappa shape index (κ2) is 12.7. The van der Waals surface area contributed by atoms with E-state index in [0.29, 0.717) is 6.54 Å². The molecule has 0 bridgehead atoms. The molecule has 1 heterocycles. The van der Waals surface area contributed by atoms with Crippen molar-refractivity contribution in [3.05, 3.63) is 90.5 Å². The molecule has 12 heteroatoms. The maximum atomic E-state index is 13.7. The number of hydrogen-bond donors (Lipinski definition) is 2. The van der Waals surface area contributed by atoms with Crippen LogP contribution in [0.4, 0.5) is 5.69 Å². The average Bonchev–Trinajstić information content (AvgIpc) is 2.98. The van der Waals surface area contributed by atoms with Crippen LogP contribution in [-0.4, -0.2) is 69.5 Å². The van der Waals surface area contributed by atoms with Gasteiger partial charge in [-0.2, -0.15) is 8.61 Å². The van der Waals surface area contributed by atoms with Crippen LogP contribution < -0.4 is 10.6 Å². The summed E-state index contributed by atoms with van der Waals surface area (Å²) in [5.41, 5.74) is 0.413. The molecule has 4 rings (SSSR count). The van der Waals surface area contributed by atoms with Crippen molar-refractivity contribution in [2.75, 3.05) is 31.5 Å². The van der Waals surface area contributed by atoms with Gasteiger partial charge < -0.3 is 10.6 Å². The normalized spacial score (nSPS) is 16.8. The summed E-state index contributed by atoms with van der Waals surface area (Å²) in [4.78, 5) is 26.6. The Morgan fingerprint density at radius 1 is 0.800 bits per heavy atom. The highest BCUT2D eigenvalue weighted by atomic mass is 32.2. The molecule has 0 aromatic heterocycles. The molecule has 40 heavy (non-hydrogen) atoms. The summed E-state index contributed by atoms with van der Waals surface area (Å²) >= 11 is 0. The zero-order valence-corrected chi connectivity index (χ0v) is 23.7. The topological polar surface area (TPSA) is 133 Å². The Morgan fingerprint density at radius 2 is 1.38 bits per heavy atom. The molecular formula is C28H32N4O6S2. The lowest BCUT2D eigenvalue weighted by molar-refractivity contribution is -0.120. The van der Waals surface area contributed by atoms with E-state index >= 15 is 0 Å². The molecule has 212 valence electrons. The van der Waals surface area contributed by atoms with Crippen molar-refractivity contribution < 1.29 is 26.4 Å². The van der Waals surface area contributed by atoms with Crippen LogP contribution in [0.3, 0.4) is 0 Å². The Morgan fingerprint density at radius 3 is 2.00 bits per heavy atom. The first kappa shape index (κ1) is 29.4. The van der Waals surface area contributed by atoms with Crippen LogP contribution in [-0.2, 0) is 24.8 Å². The molecule has 10 nitrogen and oxygen atoms in total. The van der Waals surface area contributed by atoms with E-state index in [1.54, 1.807) is 60.7 Å². The number of carbonyl (C=O) groups excluding carboxylic acids is 2. The van der Waals surface area contributed by atoms with Crippen LogP contribution >= 0.6 is 0 Å². The summed E-state index contributed by atoms with van der Waals surface area (Å²) < 4.78 is 56.1. The summed E-state index contributed by atoms with van der Waals surface area (Å²) in [5, 5.41) is 5.50. The Labute approximate surface area is 235 Å². The summed E-state index contributed by atoms with van der Waals surface area (Å²) in [6.07, 6.45) is 1.69. The van der Waals surface area contributed by atoms with Gasteiger partial charge in [-0.1, -0.05) is 61.9 Å². The number of nitrogens with zero attached hydrogens (tertiary/aromatic N) is 2. The smallest absolute Gasteiger partial charge is 0.253 e. The minimum absolute atomic E-state index is 0.0112. The molecule has 1 saturated heterocycles. The first-order valence-electron chi connectivity index (χ1n) is 13.0. The molecule has 3 aromatic rings. The molecule has 3 aromatic carbocycles. The summed E-state index contributed by atoms with van der Waals surface area (Å²) in [7, 11) is -8.15. The van der Waals surface area contributed by atoms with Gasteiger partial charge in [0.1, 0.15) is 6.04 Å². The van der Waals surface area contributed by atoms with Crippen LogP contribution in [0.1, 0.15) is 30.1 Å². The number of unbranched alkanes of at least 4 members (excludes halogenated alkanes) is 1. The predicted octanol–water partition coefficient (Wildman–Crippen LogP) is 2.92. The molecule has 0 saturated carbocycles. The lowest BCUT2D eigenvalue weighted by Gasteiger charge is -2.39. The number of sulfonamides is 2. The Balaban J connectivity index is 1.67. The monoisotopic (exact) mass is 584 g/mol. The van der Waals surface area contributed by atoms with Crippen molar-refractivity contribution in [2.45, 2.75) is 35.6 Å². The second-order valence-corrected chi connectivity index (χ2v) is 13.1. The van der Waals surface area contributed by atoms with Crippen LogP contribution in [0.2, 0.25) is 0 Å². The standard InChI is InChI=1S/C28H32N4O6S2/c1-2-3-18-29-27(33)24-16-10-11-17-25(24)30-28(34)26-21-31(39(35,36)22-12-6-4-7-13-22)19-20-32(26)40(37,38)23-14-8-5-9-15-23/h4-17,26H,2-3,18-21H2,1H3,(H,29,33)(H,30,34)/t26-/m1/s1. The number of hydrogen-bond acceptors (Lipinski definition) is 6. The zero-order valence-electron chi connectivity index (χ0n) is 22.1. The molecule has 2 N–H and O–H groups in total. The van der Waals surface area contributed by atoms with Gasteiger partial charge in [0.15, 0.2) is 0 Å². The fourth-order valence-corrected chi connectivity index (χ4v) is 7.46. The zero-order chi connectivity index (χ0) is 28.8. The van der Waals surface area contributed by atoms with Gasteiger partial charge in [-0.05, 0) is 42.8 Å². The molecular weight excluding hydrogens is 552 g/mol. The largest absolute Gasteiger partial charge is 0.352 e. The second-order valence-electron chi connectivity index (χ2n) is 9.27. The third-order valence-corrected chi connectivity index (χ3v) is 10.4. The lowest BCUT2D eigenvalue weighted by atomic mass is 10.1. The minimum Gasteiger partial charge on any atom is -0.352 e. The van der Waals surface area contributed by atoms with Gasteiger partial charge in [0, 0.05) is 26.2 Å². The van der Waals surface area contributed by atoms with Gasteiger partial charge in [-0.3, -0.25) is 9.59 Å². The number of para-hydroxylation sites is 1. The summed E-state index contributed by atoms with van der Waals surface area (Å²) in [6, 6.07) is 20.5. The van der Waals surface area contributed by atoms with Gasteiger partial charge in [0.25, 0.3) is 5.91 Å². The maximum Gasteiger partial charge on any atom is 0.253 e. The van der Waals surface area contributed by atoms with Gasteiger partial charge in [0.2, 0.25) is 26.0 Å². The molecule has 1 aliphatic heterocycles. The number of rotatable bonds is 10. The number of carbonyl (C=O) groups is 2. The quantitative estimate of drug-likeness (QED) is 0.352. The van der Waals surface area contributed by atoms with E-state index in [4.69, 9.17) is 0 Å². The van der Waals surface area contributed by atoms with E-state index in [2.05, 4.69) is 10.6 Å². The van der Waals surface area contributed by atoms with Gasteiger partial charge in [-0.25, -0.2) is 16.8 Å². The van der Waals surface area contributed by atoms with E-state index in [-0.39, 0.29) is 40.0 Å². The number of amides is 2. The highest BCUT2D eigenvalue weighted by Crippen LogP contribution is 2.26. The Kier molecular flexibility index (Phi) is 9.36. The van der Waals surface area contributed by atoms with Crippen LogP contribution in [0.15, 0.2) is 94.7 Å². The van der Waals surface area contributed by atoms with Gasteiger partial charge in [-0.15, -0.1) is 0 Å². The van der Waals surface area contributed by atoms with Crippen molar-refractivity contribution in [2.24, 2.45) is 0 Å². The summed E-state index contributed by atoms with van der Waals surface area (Å²) in [5.74, 6) is -1.13. The number of piperazine rings is 1. The highest BCUT2D eigenvalue weighted by molar-refractivity contribution is 7.89. The molecule has 2 amide bonds. The van der Waals surface area contributed by atoms with Crippen molar-refractivity contribution in [1.82, 2.24) is 13.9 Å². The Hall–Kier alpha value is -3.58. The number of benzene rings is 3. The molecule has 0 radical (unpaired) electrons. The van der Waals surface area contributed by atoms with Crippen molar-refractivity contribution in [3.63, 3.8) is 0 Å². The Bertz CT molecular complexity index is 1550. The van der Waals surface area contributed by atoms with Crippen LogP contribution in [0.25, 0.3) is 0 Å². The molecule has 0 aliphatic carbocycles. The molecule has 0 spiro atoms. The van der Waals surface area contributed by atoms with E-state index < -0.39 is 38.5 Å². The van der Waals surface area contributed by atoms with Crippen molar-refractivity contribution in [3.8, 4) is 0 Å². The lowest BCUT2D eigenvalue weighted by Crippen LogP contribution is -2.60. The van der Waals surface area contributed by atoms with Gasteiger partial charge in [0.05, 0.1) is 21.0 Å². The fraction of sp³-hybridized carbons (Fsp3) is 0.286. The average molecular weight is 585 g/mol. The van der Waals surface area contributed by atoms with E-state index in [9.17, 15) is 26.4 Å². The molecule has 1 atom stereocenters. The SMILES string of the molecule is CCCCNC(=O)c1ccccc1NC(=O)[C@H]1CN(S(=O)(=O)c2ccccc2)CCN1S(=O)(=O)c1ccccc1. The number of anilines is 1. The third kappa shape index (κ3) is 6.41. The van der Waals surface area contributed by atoms with Crippen LogP contribution in [0, 0.1) is 0 Å². The van der Waals surface area contributed by atoms with E-state index in [1.807, 2.05) is 6.92 Å². The summed E-state index contributed by atoms with van der Waals surface area (Å²) in [6.45, 7) is 1.70. The predicted molar refractivity (Wildman–Crippen MR) is 152 cm³/mol.